The number of amides is 1. The highest BCUT2D eigenvalue weighted by Crippen LogP contribution is 2.29. The number of nitrogens with zero attached hydrogens (tertiary/aromatic N) is 3. The normalized spacial score (nSPS) is 16.6. The maximum Gasteiger partial charge on any atom is 0.251 e. The van der Waals surface area contributed by atoms with Crippen molar-refractivity contribution in [3.63, 3.8) is 0 Å². The molecule has 1 aliphatic carbocycles. The largest absolute Gasteiger partial charge is 0.381 e. The summed E-state index contributed by atoms with van der Waals surface area (Å²) in [5.41, 5.74) is 4.03. The van der Waals surface area contributed by atoms with Crippen molar-refractivity contribution in [3.05, 3.63) is 41.6 Å². The molecule has 3 N–H and O–H groups in total. The third-order valence-electron chi connectivity index (χ3n) is 6.74. The molecule has 2 aromatic heterocycles. The van der Waals surface area contributed by atoms with E-state index in [1.165, 1.54) is 6.26 Å². The van der Waals surface area contributed by atoms with E-state index in [0.29, 0.717) is 43.4 Å². The number of benzene rings is 1. The van der Waals surface area contributed by atoms with Crippen LogP contribution in [0.1, 0.15) is 48.0 Å². The van der Waals surface area contributed by atoms with Gasteiger partial charge in [0, 0.05) is 55.3 Å². The molecule has 2 aliphatic rings. The smallest absolute Gasteiger partial charge is 0.251 e. The summed E-state index contributed by atoms with van der Waals surface area (Å²) in [5, 5.41) is 14.5. The molecule has 0 radical (unpaired) electrons. The number of hydrogen-bond acceptors (Lipinski definition) is 8. The van der Waals surface area contributed by atoms with Crippen molar-refractivity contribution in [2.24, 2.45) is 0 Å². The van der Waals surface area contributed by atoms with Crippen LogP contribution in [0.4, 0.5) is 11.6 Å². The predicted molar refractivity (Wildman–Crippen MR) is 144 cm³/mol. The summed E-state index contributed by atoms with van der Waals surface area (Å²) in [5.74, 6) is 1.54. The Kier molecular flexibility index (Phi) is 7.34. The molecule has 1 saturated carbocycles. The van der Waals surface area contributed by atoms with Crippen LogP contribution in [-0.2, 0) is 14.6 Å². The van der Waals surface area contributed by atoms with Crippen LogP contribution in [-0.4, -0.2) is 72.8 Å². The van der Waals surface area contributed by atoms with Gasteiger partial charge in [-0.2, -0.15) is 9.61 Å². The Morgan fingerprint density at radius 3 is 2.62 bits per heavy atom. The first kappa shape index (κ1) is 25.5. The van der Waals surface area contributed by atoms with E-state index in [4.69, 9.17) is 9.72 Å². The predicted octanol–water partition coefficient (Wildman–Crippen LogP) is 3.03. The lowest BCUT2D eigenvalue weighted by molar-refractivity contribution is 0.0903. The summed E-state index contributed by atoms with van der Waals surface area (Å²) in [6, 6.07) is 8.28. The average Bonchev–Trinajstić information content (AvgIpc) is 3.57. The Morgan fingerprint density at radius 2 is 1.92 bits per heavy atom. The first-order chi connectivity index (χ1) is 17.8. The Morgan fingerprint density at radius 1 is 1.14 bits per heavy atom. The molecule has 0 spiro atoms. The van der Waals surface area contributed by atoms with Crippen LogP contribution in [0.3, 0.4) is 0 Å². The number of aromatic nitrogens is 3. The summed E-state index contributed by atoms with van der Waals surface area (Å²) >= 11 is 0. The van der Waals surface area contributed by atoms with Crippen molar-refractivity contribution in [1.29, 1.82) is 0 Å². The molecule has 5 rings (SSSR count). The van der Waals surface area contributed by atoms with Crippen molar-refractivity contribution in [2.45, 2.75) is 51.1 Å². The number of rotatable bonds is 10. The molecule has 3 heterocycles. The zero-order valence-corrected chi connectivity index (χ0v) is 22.1. The maximum atomic E-state index is 12.6. The average molecular weight is 527 g/mol. The monoisotopic (exact) mass is 526 g/mol. The van der Waals surface area contributed by atoms with E-state index < -0.39 is 9.84 Å². The topological polar surface area (TPSA) is 127 Å². The van der Waals surface area contributed by atoms with Crippen LogP contribution in [0.5, 0.6) is 0 Å². The fourth-order valence-electron chi connectivity index (χ4n) is 4.55. The highest BCUT2D eigenvalue weighted by Gasteiger charge is 2.25. The third-order valence-corrected chi connectivity index (χ3v) is 7.77. The second kappa shape index (κ2) is 10.7. The Hall–Kier alpha value is -3.18. The number of hydrogen-bond donors (Lipinski definition) is 3. The van der Waals surface area contributed by atoms with Gasteiger partial charge in [-0.3, -0.25) is 4.79 Å². The minimum absolute atomic E-state index is 0.0342. The van der Waals surface area contributed by atoms with Gasteiger partial charge in [0.25, 0.3) is 5.91 Å². The van der Waals surface area contributed by atoms with Crippen molar-refractivity contribution in [2.75, 3.05) is 42.4 Å². The van der Waals surface area contributed by atoms with Crippen molar-refractivity contribution >= 4 is 33.0 Å². The molecule has 0 atom stereocenters. The van der Waals surface area contributed by atoms with Gasteiger partial charge in [-0.05, 0) is 56.2 Å². The molecule has 11 heteroatoms. The molecule has 2 fully saturated rings. The highest BCUT2D eigenvalue weighted by molar-refractivity contribution is 7.90. The number of fused-ring (bicyclic) bond motifs is 1. The summed E-state index contributed by atoms with van der Waals surface area (Å²) in [4.78, 5) is 17.5. The molecule has 1 aromatic carbocycles. The van der Waals surface area contributed by atoms with Gasteiger partial charge in [0.1, 0.15) is 21.5 Å². The molecular weight excluding hydrogens is 492 g/mol. The van der Waals surface area contributed by atoms with E-state index in [2.05, 4.69) is 21.0 Å². The van der Waals surface area contributed by atoms with E-state index in [9.17, 15) is 13.2 Å². The lowest BCUT2D eigenvalue weighted by Gasteiger charge is -2.24. The molecule has 198 valence electrons. The zero-order valence-electron chi connectivity index (χ0n) is 21.3. The number of carbonyl (C=O) groups is 1. The van der Waals surface area contributed by atoms with E-state index in [1.807, 2.05) is 31.2 Å². The van der Waals surface area contributed by atoms with Crippen molar-refractivity contribution in [3.8, 4) is 11.1 Å². The fraction of sp³-hybridized carbons (Fsp3) is 0.500. The number of carbonyl (C=O) groups excluding carboxylic acids is 1. The van der Waals surface area contributed by atoms with Crippen molar-refractivity contribution < 1.29 is 17.9 Å². The Balaban J connectivity index is 1.45. The lowest BCUT2D eigenvalue weighted by Crippen LogP contribution is -2.28. The van der Waals surface area contributed by atoms with Gasteiger partial charge in [-0.25, -0.2) is 13.4 Å². The first-order valence-corrected chi connectivity index (χ1v) is 14.9. The van der Waals surface area contributed by atoms with Gasteiger partial charge in [0.2, 0.25) is 0 Å². The second-order valence-corrected chi connectivity index (χ2v) is 12.3. The molecule has 1 aliphatic heterocycles. The quantitative estimate of drug-likeness (QED) is 0.344. The van der Waals surface area contributed by atoms with Crippen LogP contribution < -0.4 is 16.0 Å². The number of ether oxygens (including phenoxy) is 1. The fourth-order valence-corrected chi connectivity index (χ4v) is 5.21. The van der Waals surface area contributed by atoms with Gasteiger partial charge in [0.15, 0.2) is 5.65 Å². The van der Waals surface area contributed by atoms with Gasteiger partial charge in [0.05, 0.1) is 11.9 Å². The van der Waals surface area contributed by atoms with Crippen LogP contribution in [0, 0.1) is 6.92 Å². The van der Waals surface area contributed by atoms with Gasteiger partial charge >= 0.3 is 0 Å². The van der Waals surface area contributed by atoms with Crippen LogP contribution in [0.25, 0.3) is 16.8 Å². The molecule has 10 nitrogen and oxygen atoms in total. The van der Waals surface area contributed by atoms with Crippen LogP contribution in [0.2, 0.25) is 0 Å². The number of sulfone groups is 1. The summed E-state index contributed by atoms with van der Waals surface area (Å²) in [6.45, 7) is 3.86. The summed E-state index contributed by atoms with van der Waals surface area (Å²) in [6.07, 6.45) is 7.41. The standard InChI is InChI=1S/C26H34N6O4S/c1-17-14-18(4-7-21(17)26(33)30-19-5-6-19)22-16-28-32-24(27-10-3-13-37(2,34)35)15-23(31-25(22)32)29-20-8-11-36-12-9-20/h4,7,14-16,19-20,27H,3,5-6,8-13H2,1-2H3,(H,29,31)(H,30,33). The first-order valence-electron chi connectivity index (χ1n) is 12.8. The lowest BCUT2D eigenvalue weighted by atomic mass is 10.0. The number of aryl methyl sites for hydroxylation is 1. The molecule has 1 saturated heterocycles. The minimum atomic E-state index is -3.02. The van der Waals surface area contributed by atoms with Gasteiger partial charge in [-0.15, -0.1) is 0 Å². The molecule has 37 heavy (non-hydrogen) atoms. The Bertz CT molecular complexity index is 1390. The Labute approximate surface area is 217 Å². The van der Waals surface area contributed by atoms with E-state index in [-0.39, 0.29) is 17.7 Å². The molecule has 0 bridgehead atoms. The second-order valence-electron chi connectivity index (χ2n) is 10.0. The minimum Gasteiger partial charge on any atom is -0.381 e. The summed E-state index contributed by atoms with van der Waals surface area (Å²) < 4.78 is 30.3. The van der Waals surface area contributed by atoms with E-state index in [1.54, 1.807) is 10.7 Å². The highest BCUT2D eigenvalue weighted by atomic mass is 32.2. The van der Waals surface area contributed by atoms with Crippen LogP contribution >= 0.6 is 0 Å². The van der Waals surface area contributed by atoms with Crippen molar-refractivity contribution in [1.82, 2.24) is 19.9 Å². The molecule has 1 amide bonds. The van der Waals surface area contributed by atoms with Gasteiger partial charge in [-0.1, -0.05) is 12.1 Å². The number of anilines is 2. The van der Waals surface area contributed by atoms with Gasteiger partial charge < -0.3 is 20.7 Å². The zero-order chi connectivity index (χ0) is 26.0. The third kappa shape index (κ3) is 6.40. The van der Waals surface area contributed by atoms with E-state index >= 15 is 0 Å². The molecule has 3 aromatic rings. The summed E-state index contributed by atoms with van der Waals surface area (Å²) in [7, 11) is -3.02. The number of nitrogens with one attached hydrogen (secondary N) is 3. The SMILES string of the molecule is Cc1cc(-c2cnn3c(NCCCS(C)(=O)=O)cc(NC4CCOCC4)nc23)ccc1C(=O)NC1CC1. The van der Waals surface area contributed by atoms with E-state index in [0.717, 1.165) is 54.0 Å². The molecular formula is C26H34N6O4S. The molecule has 0 unspecified atom stereocenters. The van der Waals surface area contributed by atoms with Crippen LogP contribution in [0.15, 0.2) is 30.5 Å². The maximum absolute atomic E-state index is 12.6.